The maximum Gasteiger partial charge on any atom is 0.406 e. The Bertz CT molecular complexity index is 357. The molecule has 0 heterocycles. The van der Waals surface area contributed by atoms with Crippen molar-refractivity contribution in [3.8, 4) is 0 Å². The molecule has 0 aliphatic carbocycles. The summed E-state index contributed by atoms with van der Waals surface area (Å²) in [5.74, 6) is -1.77. The second kappa shape index (κ2) is 8.09. The number of hydrogen-bond acceptors (Lipinski definition) is 2. The van der Waals surface area contributed by atoms with Crippen LogP contribution in [0.25, 0.3) is 0 Å². The maximum absolute atomic E-state index is 12.4. The van der Waals surface area contributed by atoms with Gasteiger partial charge in [0.15, 0.2) is 0 Å². The normalized spacial score (nSPS) is 13.4. The third-order valence-corrected chi connectivity index (χ3v) is 2.84. The minimum absolute atomic E-state index is 0.111. The monoisotopic (exact) mass is 312 g/mol. The van der Waals surface area contributed by atoms with Gasteiger partial charge in [0.05, 0.1) is 5.92 Å². The largest absolute Gasteiger partial charge is 0.481 e. The van der Waals surface area contributed by atoms with E-state index in [1.54, 1.807) is 0 Å². The van der Waals surface area contributed by atoms with Gasteiger partial charge < -0.3 is 15.3 Å². The molecule has 0 aliphatic heterocycles. The van der Waals surface area contributed by atoms with Crippen LogP contribution in [0.5, 0.6) is 0 Å². The van der Waals surface area contributed by atoms with Crippen molar-refractivity contribution in [3.63, 3.8) is 0 Å². The van der Waals surface area contributed by atoms with Crippen LogP contribution in [0.4, 0.5) is 18.0 Å². The van der Waals surface area contributed by atoms with Crippen LogP contribution in [0.1, 0.15) is 34.1 Å². The molecular formula is C13H23F3N2O3. The molecule has 0 aromatic carbocycles. The fourth-order valence-corrected chi connectivity index (χ4v) is 1.83. The van der Waals surface area contributed by atoms with Crippen LogP contribution in [-0.2, 0) is 4.79 Å². The molecule has 21 heavy (non-hydrogen) atoms. The van der Waals surface area contributed by atoms with Crippen molar-refractivity contribution in [2.45, 2.75) is 46.3 Å². The molecule has 0 fully saturated rings. The number of rotatable bonds is 7. The van der Waals surface area contributed by atoms with E-state index in [1.165, 1.54) is 13.8 Å². The van der Waals surface area contributed by atoms with Crippen LogP contribution in [0.3, 0.4) is 0 Å². The summed E-state index contributed by atoms with van der Waals surface area (Å²) in [5.41, 5.74) is 0. The number of aliphatic carboxylic acids is 1. The highest BCUT2D eigenvalue weighted by molar-refractivity contribution is 5.76. The maximum atomic E-state index is 12.4. The fraction of sp³-hybridized carbons (Fsp3) is 0.846. The molecule has 2 N–H and O–H groups in total. The fourth-order valence-electron chi connectivity index (χ4n) is 1.83. The van der Waals surface area contributed by atoms with Crippen molar-refractivity contribution in [1.29, 1.82) is 0 Å². The van der Waals surface area contributed by atoms with Gasteiger partial charge in [-0.1, -0.05) is 13.8 Å². The quantitative estimate of drug-likeness (QED) is 0.759. The summed E-state index contributed by atoms with van der Waals surface area (Å²) >= 11 is 0. The average molecular weight is 312 g/mol. The van der Waals surface area contributed by atoms with E-state index in [9.17, 15) is 22.8 Å². The summed E-state index contributed by atoms with van der Waals surface area (Å²) in [4.78, 5) is 23.5. The number of hydrogen-bond donors (Lipinski definition) is 2. The second-order valence-electron chi connectivity index (χ2n) is 5.69. The smallest absolute Gasteiger partial charge is 0.406 e. The molecule has 1 atom stereocenters. The number of carbonyl (C=O) groups is 2. The lowest BCUT2D eigenvalue weighted by atomic mass is 9.97. The molecule has 1 unspecified atom stereocenters. The van der Waals surface area contributed by atoms with Crippen molar-refractivity contribution in [2.75, 3.05) is 13.1 Å². The number of nitrogens with one attached hydrogen (secondary N) is 1. The number of carboxylic acids is 1. The molecule has 0 saturated heterocycles. The van der Waals surface area contributed by atoms with Crippen molar-refractivity contribution in [3.05, 3.63) is 0 Å². The van der Waals surface area contributed by atoms with Gasteiger partial charge in [-0.2, -0.15) is 13.2 Å². The highest BCUT2D eigenvalue weighted by atomic mass is 19.4. The van der Waals surface area contributed by atoms with Crippen LogP contribution in [0.2, 0.25) is 0 Å². The van der Waals surface area contributed by atoms with Crippen LogP contribution < -0.4 is 5.32 Å². The summed E-state index contributed by atoms with van der Waals surface area (Å²) in [6, 6.07) is -1.54. The minimum Gasteiger partial charge on any atom is -0.481 e. The predicted molar refractivity (Wildman–Crippen MR) is 71.9 cm³/mol. The Kier molecular flexibility index (Phi) is 7.52. The number of nitrogens with zero attached hydrogens (tertiary/aromatic N) is 1. The van der Waals surface area contributed by atoms with Gasteiger partial charge in [-0.15, -0.1) is 0 Å². The van der Waals surface area contributed by atoms with Crippen LogP contribution in [0, 0.1) is 11.8 Å². The van der Waals surface area contributed by atoms with E-state index in [-0.39, 0.29) is 12.5 Å². The first-order valence-corrected chi connectivity index (χ1v) is 6.78. The van der Waals surface area contributed by atoms with E-state index in [0.717, 1.165) is 0 Å². The molecule has 5 nitrogen and oxygen atoms in total. The first-order chi connectivity index (χ1) is 9.44. The Morgan fingerprint density at radius 3 is 2.05 bits per heavy atom. The zero-order valence-electron chi connectivity index (χ0n) is 12.7. The molecule has 0 bridgehead atoms. The second-order valence-corrected chi connectivity index (χ2v) is 5.69. The molecule has 0 radical (unpaired) electrons. The van der Waals surface area contributed by atoms with E-state index < -0.39 is 36.7 Å². The minimum atomic E-state index is -4.49. The molecule has 0 rings (SSSR count). The first kappa shape index (κ1) is 19.5. The van der Waals surface area contributed by atoms with E-state index in [0.29, 0.717) is 11.3 Å². The standard InChI is InChI=1S/C13H23F3N2O3/c1-8(2)5-10(11(19)20)6-17-12(21)18(9(3)4)7-13(14,15)16/h8-10H,5-7H2,1-4H3,(H,17,21)(H,19,20). The van der Waals surface area contributed by atoms with E-state index in [4.69, 9.17) is 5.11 Å². The van der Waals surface area contributed by atoms with Gasteiger partial charge in [-0.25, -0.2) is 4.79 Å². The topological polar surface area (TPSA) is 69.6 Å². The molecule has 0 aromatic heterocycles. The van der Waals surface area contributed by atoms with Gasteiger partial charge in [-0.3, -0.25) is 4.79 Å². The van der Waals surface area contributed by atoms with Crippen LogP contribution >= 0.6 is 0 Å². The Balaban J connectivity index is 4.64. The van der Waals surface area contributed by atoms with Crippen LogP contribution in [-0.4, -0.2) is 47.3 Å². The Hall–Kier alpha value is -1.47. The van der Waals surface area contributed by atoms with Crippen molar-refractivity contribution in [2.24, 2.45) is 11.8 Å². The Morgan fingerprint density at radius 1 is 1.19 bits per heavy atom. The Labute approximate surface area is 122 Å². The van der Waals surface area contributed by atoms with Crippen molar-refractivity contribution < 1.29 is 27.9 Å². The van der Waals surface area contributed by atoms with E-state index in [2.05, 4.69) is 5.32 Å². The number of alkyl halides is 3. The molecule has 0 aromatic rings. The van der Waals surface area contributed by atoms with E-state index in [1.807, 2.05) is 13.8 Å². The summed E-state index contributed by atoms with van der Waals surface area (Å²) in [5, 5.41) is 11.3. The number of carboxylic acid groups (broad SMARTS) is 1. The molecule has 2 amide bonds. The molecule has 8 heteroatoms. The predicted octanol–water partition coefficient (Wildman–Crippen LogP) is 2.72. The van der Waals surface area contributed by atoms with Crippen molar-refractivity contribution >= 4 is 12.0 Å². The highest BCUT2D eigenvalue weighted by Gasteiger charge is 2.34. The summed E-state index contributed by atoms with van der Waals surface area (Å²) in [6.07, 6.45) is -4.15. The van der Waals surface area contributed by atoms with Gasteiger partial charge in [0.2, 0.25) is 0 Å². The van der Waals surface area contributed by atoms with Gasteiger partial charge in [0.1, 0.15) is 6.54 Å². The highest BCUT2D eigenvalue weighted by Crippen LogP contribution is 2.18. The summed E-state index contributed by atoms with van der Waals surface area (Å²) < 4.78 is 37.2. The molecule has 124 valence electrons. The Morgan fingerprint density at radius 2 is 1.71 bits per heavy atom. The lowest BCUT2D eigenvalue weighted by molar-refractivity contribution is -0.144. The lowest BCUT2D eigenvalue weighted by Gasteiger charge is -2.28. The van der Waals surface area contributed by atoms with Crippen LogP contribution in [0.15, 0.2) is 0 Å². The number of amides is 2. The van der Waals surface area contributed by atoms with Gasteiger partial charge in [-0.05, 0) is 26.2 Å². The average Bonchev–Trinajstić information content (AvgIpc) is 2.28. The lowest BCUT2D eigenvalue weighted by Crippen LogP contribution is -2.49. The van der Waals surface area contributed by atoms with Gasteiger partial charge in [0.25, 0.3) is 0 Å². The van der Waals surface area contributed by atoms with E-state index >= 15 is 0 Å². The zero-order chi connectivity index (χ0) is 16.8. The molecule has 0 spiro atoms. The molecular weight excluding hydrogens is 289 g/mol. The summed E-state index contributed by atoms with van der Waals surface area (Å²) in [7, 11) is 0. The molecule has 0 aliphatic rings. The van der Waals surface area contributed by atoms with Crippen molar-refractivity contribution in [1.82, 2.24) is 10.2 Å². The van der Waals surface area contributed by atoms with Gasteiger partial charge in [0, 0.05) is 12.6 Å². The number of carbonyl (C=O) groups excluding carboxylic acids is 1. The molecule has 0 saturated carbocycles. The summed E-state index contributed by atoms with van der Waals surface area (Å²) in [6.45, 7) is 5.05. The van der Waals surface area contributed by atoms with Gasteiger partial charge >= 0.3 is 18.2 Å². The third kappa shape index (κ3) is 8.41. The first-order valence-electron chi connectivity index (χ1n) is 6.78. The third-order valence-electron chi connectivity index (χ3n) is 2.84. The number of urea groups is 1. The number of halogens is 3. The SMILES string of the molecule is CC(C)CC(CNC(=O)N(CC(F)(F)F)C(C)C)C(=O)O. The zero-order valence-corrected chi connectivity index (χ0v) is 12.7.